The summed E-state index contributed by atoms with van der Waals surface area (Å²) in [5, 5.41) is 17.7. The fraction of sp³-hybridized carbons (Fsp3) is 0.250. The first kappa shape index (κ1) is 23.1. The van der Waals surface area contributed by atoms with E-state index in [-0.39, 0.29) is 11.2 Å². The number of carboxylic acid groups (broad SMARTS) is 1. The van der Waals surface area contributed by atoms with Crippen molar-refractivity contribution in [1.82, 2.24) is 0 Å². The molecule has 0 aliphatic heterocycles. The second-order valence-electron chi connectivity index (χ2n) is 8.96. The molecule has 32 heavy (non-hydrogen) atoms. The molecule has 0 spiro atoms. The van der Waals surface area contributed by atoms with Crippen LogP contribution in [0.1, 0.15) is 66.2 Å². The van der Waals surface area contributed by atoms with Gasteiger partial charge in [-0.3, -0.25) is 0 Å². The number of carboxylic acids is 1. The molecule has 0 fully saturated rings. The zero-order valence-electron chi connectivity index (χ0n) is 18.9. The first-order chi connectivity index (χ1) is 15.2. The number of rotatable bonds is 3. The summed E-state index contributed by atoms with van der Waals surface area (Å²) in [6.07, 6.45) is 5.80. The van der Waals surface area contributed by atoms with Crippen LogP contribution in [0.2, 0.25) is 0 Å². The van der Waals surface area contributed by atoms with Crippen molar-refractivity contribution in [3.05, 3.63) is 94.5 Å². The Hall–Kier alpha value is -3.53. The van der Waals surface area contributed by atoms with E-state index in [1.807, 2.05) is 12.1 Å². The van der Waals surface area contributed by atoms with Gasteiger partial charge in [0.2, 0.25) is 0 Å². The van der Waals surface area contributed by atoms with Crippen molar-refractivity contribution < 1.29 is 15.0 Å². The van der Waals surface area contributed by atoms with E-state index >= 15 is 0 Å². The molecule has 166 valence electrons. The highest BCUT2D eigenvalue weighted by Crippen LogP contribution is 2.38. The van der Waals surface area contributed by atoms with Crippen molar-refractivity contribution >= 4 is 23.3 Å². The second-order valence-corrected chi connectivity index (χ2v) is 8.96. The number of hydrogen-bond donors (Lipinski definition) is 3. The van der Waals surface area contributed by atoms with E-state index in [4.69, 9.17) is 15.9 Å². The third-order valence-corrected chi connectivity index (χ3v) is 5.98. The molecule has 1 aliphatic carbocycles. The molecule has 0 amide bonds. The number of aromatic hydroxyl groups is 1. The van der Waals surface area contributed by atoms with Crippen LogP contribution in [0.15, 0.2) is 66.7 Å². The van der Waals surface area contributed by atoms with E-state index in [2.05, 4.69) is 45.0 Å². The zero-order chi connectivity index (χ0) is 23.3. The number of hydrogen-bond acceptors (Lipinski definition) is 3. The van der Waals surface area contributed by atoms with Crippen LogP contribution >= 0.6 is 0 Å². The maximum atomic E-state index is 10.9. The highest BCUT2D eigenvalue weighted by Gasteiger charge is 2.27. The van der Waals surface area contributed by atoms with E-state index in [1.165, 1.54) is 41.5 Å². The number of phenolic OH excluding ortho intramolecular Hbond substituents is 1. The Kier molecular flexibility index (Phi) is 7.04. The lowest BCUT2D eigenvalue weighted by atomic mass is 9.72. The summed E-state index contributed by atoms with van der Waals surface area (Å²) in [5.41, 5.74) is 13.0. The highest BCUT2D eigenvalue weighted by atomic mass is 16.4. The first-order valence-corrected chi connectivity index (χ1v) is 10.9. The van der Waals surface area contributed by atoms with Gasteiger partial charge in [0.15, 0.2) is 0 Å². The van der Waals surface area contributed by atoms with Crippen molar-refractivity contribution in [2.45, 2.75) is 45.4 Å². The largest absolute Gasteiger partial charge is 0.508 e. The summed E-state index contributed by atoms with van der Waals surface area (Å²) >= 11 is 0. The molecule has 0 aromatic heterocycles. The van der Waals surface area contributed by atoms with Crippen LogP contribution in [-0.2, 0) is 11.8 Å². The minimum absolute atomic E-state index is 0.243. The van der Waals surface area contributed by atoms with Crippen molar-refractivity contribution in [3.8, 4) is 5.75 Å². The van der Waals surface area contributed by atoms with Gasteiger partial charge in [0.25, 0.3) is 0 Å². The molecule has 4 heteroatoms. The fourth-order valence-electron chi connectivity index (χ4n) is 4.05. The molecule has 0 heterocycles. The number of phenols is 1. The third-order valence-electron chi connectivity index (χ3n) is 5.98. The summed E-state index contributed by atoms with van der Waals surface area (Å²) in [6, 6.07) is 20.2. The number of carbonyl (C=O) groups is 1. The van der Waals surface area contributed by atoms with Gasteiger partial charge < -0.3 is 15.9 Å². The smallest absolute Gasteiger partial charge is 0.335 e. The summed E-state index contributed by atoms with van der Waals surface area (Å²) in [5.74, 6) is -0.640. The van der Waals surface area contributed by atoms with Crippen molar-refractivity contribution in [2.24, 2.45) is 0 Å². The first-order valence-electron chi connectivity index (χ1n) is 10.9. The van der Waals surface area contributed by atoms with Crippen molar-refractivity contribution in [3.63, 3.8) is 0 Å². The number of aryl methyl sites for hydroxylation is 1. The zero-order valence-corrected chi connectivity index (χ0v) is 18.9. The summed E-state index contributed by atoms with van der Waals surface area (Å²) < 4.78 is 0. The SMILES string of the molecule is C/C(=C\c1ccc(C(=O)O)cc1)c1ccc2c(c1)C(C)(C)CCC2.Nc1ccc(O)cc1. The number of benzene rings is 3. The molecule has 4 nitrogen and oxygen atoms in total. The quantitative estimate of drug-likeness (QED) is 0.251. The Bertz CT molecular complexity index is 1090. The van der Waals surface area contributed by atoms with Crippen LogP contribution < -0.4 is 5.73 Å². The van der Waals surface area contributed by atoms with Gasteiger partial charge in [-0.15, -0.1) is 0 Å². The molecule has 0 radical (unpaired) electrons. The van der Waals surface area contributed by atoms with E-state index in [1.54, 1.807) is 36.4 Å². The van der Waals surface area contributed by atoms with Gasteiger partial charge in [-0.05, 0) is 95.8 Å². The number of nitrogens with two attached hydrogens (primary N) is 1. The molecule has 0 bridgehead atoms. The highest BCUT2D eigenvalue weighted by molar-refractivity contribution is 5.88. The molecule has 0 unspecified atom stereocenters. The lowest BCUT2D eigenvalue weighted by Crippen LogP contribution is -2.23. The Labute approximate surface area is 190 Å². The maximum Gasteiger partial charge on any atom is 0.335 e. The minimum atomic E-state index is -0.890. The number of aromatic carboxylic acids is 1. The van der Waals surface area contributed by atoms with Gasteiger partial charge in [-0.25, -0.2) is 4.79 Å². The van der Waals surface area contributed by atoms with Gasteiger partial charge >= 0.3 is 5.97 Å². The van der Waals surface area contributed by atoms with E-state index in [0.29, 0.717) is 11.3 Å². The average molecular weight is 430 g/mol. The molecule has 4 N–H and O–H groups in total. The summed E-state index contributed by atoms with van der Waals surface area (Å²) in [7, 11) is 0. The van der Waals surface area contributed by atoms with Crippen LogP contribution in [-0.4, -0.2) is 16.2 Å². The van der Waals surface area contributed by atoms with Crippen molar-refractivity contribution in [2.75, 3.05) is 5.73 Å². The lowest BCUT2D eigenvalue weighted by Gasteiger charge is -2.33. The number of fused-ring (bicyclic) bond motifs is 1. The van der Waals surface area contributed by atoms with Crippen LogP contribution in [0, 0.1) is 0 Å². The van der Waals surface area contributed by atoms with E-state index in [9.17, 15) is 4.79 Å². The van der Waals surface area contributed by atoms with Gasteiger partial charge in [0.1, 0.15) is 5.75 Å². The summed E-state index contributed by atoms with van der Waals surface area (Å²) in [6.45, 7) is 6.78. The standard InChI is InChI=1S/C22H24O2.C6H7NO/c1-15(13-16-6-8-18(9-7-16)21(23)24)19-11-10-17-5-4-12-22(2,3)20(17)14-19;7-5-1-3-6(8)4-2-5/h6-11,13-14H,4-5,12H2,1-3H3,(H,23,24);1-4,8H,7H2/b15-13+;. The predicted molar refractivity (Wildman–Crippen MR) is 132 cm³/mol. The minimum Gasteiger partial charge on any atom is -0.508 e. The molecule has 1 aliphatic rings. The molecular formula is C28H31NO3. The maximum absolute atomic E-state index is 10.9. The molecule has 0 atom stereocenters. The fourth-order valence-corrected chi connectivity index (χ4v) is 4.05. The molecular weight excluding hydrogens is 398 g/mol. The van der Waals surface area contributed by atoms with Crippen LogP contribution in [0.3, 0.4) is 0 Å². The Morgan fingerprint density at radius 1 is 0.969 bits per heavy atom. The van der Waals surface area contributed by atoms with Gasteiger partial charge in [-0.1, -0.05) is 50.3 Å². The normalized spacial score (nSPS) is 14.7. The van der Waals surface area contributed by atoms with Gasteiger partial charge in [-0.2, -0.15) is 0 Å². The molecule has 3 aromatic carbocycles. The van der Waals surface area contributed by atoms with E-state index < -0.39 is 5.97 Å². The monoisotopic (exact) mass is 429 g/mol. The predicted octanol–water partition coefficient (Wildman–Crippen LogP) is 6.53. The van der Waals surface area contributed by atoms with Crippen LogP contribution in [0.25, 0.3) is 11.6 Å². The Morgan fingerprint density at radius 2 is 1.59 bits per heavy atom. The van der Waals surface area contributed by atoms with Crippen LogP contribution in [0.4, 0.5) is 5.69 Å². The Morgan fingerprint density at radius 3 is 2.19 bits per heavy atom. The average Bonchev–Trinajstić information content (AvgIpc) is 2.76. The number of allylic oxidation sites excluding steroid dienone is 1. The Balaban J connectivity index is 0.000000305. The molecule has 0 saturated carbocycles. The molecule has 3 aromatic rings. The van der Waals surface area contributed by atoms with Crippen LogP contribution in [0.5, 0.6) is 5.75 Å². The lowest BCUT2D eigenvalue weighted by molar-refractivity contribution is 0.0697. The molecule has 4 rings (SSSR count). The van der Waals surface area contributed by atoms with Gasteiger partial charge in [0.05, 0.1) is 5.56 Å². The third kappa shape index (κ3) is 5.79. The summed E-state index contributed by atoms with van der Waals surface area (Å²) in [4.78, 5) is 10.9. The number of anilines is 1. The topological polar surface area (TPSA) is 83.5 Å². The number of nitrogen functional groups attached to an aromatic ring is 1. The van der Waals surface area contributed by atoms with E-state index in [0.717, 1.165) is 5.56 Å². The van der Waals surface area contributed by atoms with Gasteiger partial charge in [0, 0.05) is 5.69 Å². The second kappa shape index (κ2) is 9.73. The van der Waals surface area contributed by atoms with Crippen molar-refractivity contribution in [1.29, 1.82) is 0 Å². The molecule has 0 saturated heterocycles.